The van der Waals surface area contributed by atoms with Crippen LogP contribution in [0.5, 0.6) is 0 Å². The average Bonchev–Trinajstić information content (AvgIpc) is 3.11. The van der Waals surface area contributed by atoms with Gasteiger partial charge in [0.1, 0.15) is 0 Å². The van der Waals surface area contributed by atoms with E-state index < -0.39 is 0 Å². The Morgan fingerprint density at radius 1 is 0.786 bits per heavy atom. The molecule has 1 aliphatic carbocycles. The molecule has 0 unspecified atom stereocenters. The Labute approximate surface area is 165 Å². The van der Waals surface area contributed by atoms with Crippen LogP contribution in [0.2, 0.25) is 0 Å². The van der Waals surface area contributed by atoms with Gasteiger partial charge in [-0.15, -0.1) is 0 Å². The first kappa shape index (κ1) is 16.8. The number of fused-ring (bicyclic) bond motifs is 1. The predicted octanol–water partition coefficient (Wildman–Crippen LogP) is 6.26. The topological polar surface area (TPSA) is 17.8 Å². The molecule has 0 aliphatic heterocycles. The first-order valence-electron chi connectivity index (χ1n) is 9.77. The Balaban J connectivity index is 1.74. The van der Waals surface area contributed by atoms with Crippen molar-refractivity contribution in [2.75, 3.05) is 0 Å². The summed E-state index contributed by atoms with van der Waals surface area (Å²) in [6.45, 7) is 2.13. The zero-order chi connectivity index (χ0) is 18.9. The molecule has 136 valence electrons. The Bertz CT molecular complexity index is 1120. The van der Waals surface area contributed by atoms with Gasteiger partial charge in [0.05, 0.1) is 17.1 Å². The maximum Gasteiger partial charge on any atom is 0.0712 e. The van der Waals surface area contributed by atoms with Gasteiger partial charge in [-0.3, -0.25) is 0 Å². The summed E-state index contributed by atoms with van der Waals surface area (Å²) in [6, 6.07) is 32.0. The van der Waals surface area contributed by atoms with Crippen molar-refractivity contribution < 1.29 is 0 Å². The molecule has 1 aromatic heterocycles. The first-order valence-corrected chi connectivity index (χ1v) is 9.77. The van der Waals surface area contributed by atoms with E-state index in [1.54, 1.807) is 0 Å². The fourth-order valence-electron chi connectivity index (χ4n) is 4.26. The normalized spacial score (nSPS) is 15.8. The molecular weight excluding hydrogens is 340 g/mol. The summed E-state index contributed by atoms with van der Waals surface area (Å²) in [6.07, 6.45) is 3.32. The van der Waals surface area contributed by atoms with Crippen molar-refractivity contribution in [1.29, 1.82) is 0 Å². The standard InChI is InChI=1S/C26H22N2/c1-19-26-24(21-13-7-3-8-14-21)17-22(20-11-5-2-6-12-20)18-25(26)28(27-19)23-15-9-4-10-16-23/h2-16,18,24H,17H2,1H3/t24-/m1/s1. The lowest BCUT2D eigenvalue weighted by Gasteiger charge is -2.25. The van der Waals surface area contributed by atoms with E-state index in [0.29, 0.717) is 5.92 Å². The summed E-state index contributed by atoms with van der Waals surface area (Å²) in [4.78, 5) is 0. The van der Waals surface area contributed by atoms with Gasteiger partial charge < -0.3 is 0 Å². The van der Waals surface area contributed by atoms with Crippen LogP contribution in [0.3, 0.4) is 0 Å². The molecule has 0 N–H and O–H groups in total. The molecule has 0 saturated heterocycles. The van der Waals surface area contributed by atoms with Gasteiger partial charge >= 0.3 is 0 Å². The number of hydrogen-bond donors (Lipinski definition) is 0. The van der Waals surface area contributed by atoms with Gasteiger partial charge in [0.2, 0.25) is 0 Å². The molecule has 3 aromatic carbocycles. The molecule has 4 aromatic rings. The van der Waals surface area contributed by atoms with Crippen LogP contribution in [-0.4, -0.2) is 9.78 Å². The molecule has 1 aliphatic rings. The van der Waals surface area contributed by atoms with Gasteiger partial charge in [-0.1, -0.05) is 78.9 Å². The van der Waals surface area contributed by atoms with Crippen LogP contribution in [0.1, 0.15) is 40.4 Å². The summed E-state index contributed by atoms with van der Waals surface area (Å²) >= 11 is 0. The highest BCUT2D eigenvalue weighted by molar-refractivity contribution is 5.85. The summed E-state index contributed by atoms with van der Waals surface area (Å²) < 4.78 is 2.10. The van der Waals surface area contributed by atoms with E-state index >= 15 is 0 Å². The monoisotopic (exact) mass is 362 g/mol. The fourth-order valence-corrected chi connectivity index (χ4v) is 4.26. The molecule has 0 saturated carbocycles. The van der Waals surface area contributed by atoms with E-state index in [-0.39, 0.29) is 0 Å². The molecule has 0 bridgehead atoms. The lowest BCUT2D eigenvalue weighted by Crippen LogP contribution is -2.10. The van der Waals surface area contributed by atoms with Gasteiger partial charge in [-0.05, 0) is 48.3 Å². The summed E-state index contributed by atoms with van der Waals surface area (Å²) in [7, 11) is 0. The second kappa shape index (κ2) is 6.97. The van der Waals surface area contributed by atoms with Crippen LogP contribution < -0.4 is 0 Å². The van der Waals surface area contributed by atoms with Crippen LogP contribution in [0.25, 0.3) is 17.3 Å². The van der Waals surface area contributed by atoms with Gasteiger partial charge in [-0.25, -0.2) is 4.68 Å². The molecule has 1 atom stereocenters. The molecule has 0 spiro atoms. The van der Waals surface area contributed by atoms with Crippen molar-refractivity contribution in [2.45, 2.75) is 19.3 Å². The third-order valence-electron chi connectivity index (χ3n) is 5.57. The second-order valence-electron chi connectivity index (χ2n) is 7.33. The van der Waals surface area contributed by atoms with Crippen LogP contribution in [0.15, 0.2) is 91.0 Å². The van der Waals surface area contributed by atoms with Gasteiger partial charge in [0.25, 0.3) is 0 Å². The molecular formula is C26H22N2. The summed E-state index contributed by atoms with van der Waals surface area (Å²) in [5, 5.41) is 4.94. The lowest BCUT2D eigenvalue weighted by atomic mass is 9.79. The van der Waals surface area contributed by atoms with Crippen LogP contribution in [0, 0.1) is 6.92 Å². The molecule has 0 amide bonds. The number of aryl methyl sites for hydroxylation is 1. The molecule has 0 fully saturated rings. The Kier molecular flexibility index (Phi) is 4.17. The SMILES string of the molecule is Cc1nn(-c2ccccc2)c2c1[C@@H](c1ccccc1)CC(c1ccccc1)=C2. The highest BCUT2D eigenvalue weighted by Gasteiger charge is 2.29. The molecule has 2 heteroatoms. The quantitative estimate of drug-likeness (QED) is 0.421. The second-order valence-corrected chi connectivity index (χ2v) is 7.33. The third-order valence-corrected chi connectivity index (χ3v) is 5.57. The zero-order valence-corrected chi connectivity index (χ0v) is 15.9. The van der Waals surface area contributed by atoms with Crippen molar-refractivity contribution in [3.63, 3.8) is 0 Å². The molecule has 2 nitrogen and oxygen atoms in total. The van der Waals surface area contributed by atoms with Crippen molar-refractivity contribution in [3.8, 4) is 5.69 Å². The highest BCUT2D eigenvalue weighted by atomic mass is 15.3. The number of allylic oxidation sites excluding steroid dienone is 1. The largest absolute Gasteiger partial charge is 0.233 e. The fraction of sp³-hybridized carbons (Fsp3) is 0.115. The predicted molar refractivity (Wildman–Crippen MR) is 116 cm³/mol. The van der Waals surface area contributed by atoms with Crippen LogP contribution >= 0.6 is 0 Å². The number of para-hydroxylation sites is 1. The van der Waals surface area contributed by atoms with Crippen molar-refractivity contribution in [3.05, 3.63) is 119 Å². The van der Waals surface area contributed by atoms with E-state index in [1.807, 2.05) is 6.07 Å². The van der Waals surface area contributed by atoms with Crippen LogP contribution in [-0.2, 0) is 0 Å². The van der Waals surface area contributed by atoms with E-state index in [4.69, 9.17) is 5.10 Å². The number of aromatic nitrogens is 2. The minimum atomic E-state index is 0.314. The van der Waals surface area contributed by atoms with Crippen LogP contribution in [0.4, 0.5) is 0 Å². The molecule has 1 heterocycles. The molecule has 0 radical (unpaired) electrons. The van der Waals surface area contributed by atoms with E-state index in [9.17, 15) is 0 Å². The number of hydrogen-bond acceptors (Lipinski definition) is 1. The molecule has 28 heavy (non-hydrogen) atoms. The van der Waals surface area contributed by atoms with E-state index in [2.05, 4.69) is 103 Å². The van der Waals surface area contributed by atoms with Crippen molar-refractivity contribution >= 4 is 11.6 Å². The summed E-state index contributed by atoms with van der Waals surface area (Å²) in [5.74, 6) is 0.314. The average molecular weight is 362 g/mol. The third kappa shape index (κ3) is 2.87. The minimum Gasteiger partial charge on any atom is -0.233 e. The number of nitrogens with zero attached hydrogens (tertiary/aromatic N) is 2. The molecule has 5 rings (SSSR count). The Hall–Kier alpha value is -3.39. The minimum absolute atomic E-state index is 0.314. The highest BCUT2D eigenvalue weighted by Crippen LogP contribution is 2.43. The van der Waals surface area contributed by atoms with E-state index in [0.717, 1.165) is 17.8 Å². The van der Waals surface area contributed by atoms with Gasteiger partial charge in [0, 0.05) is 11.5 Å². The van der Waals surface area contributed by atoms with Gasteiger partial charge in [-0.2, -0.15) is 5.10 Å². The summed E-state index contributed by atoms with van der Waals surface area (Å²) in [5.41, 5.74) is 8.74. The lowest BCUT2D eigenvalue weighted by molar-refractivity contribution is 0.819. The van der Waals surface area contributed by atoms with Crippen molar-refractivity contribution in [2.24, 2.45) is 0 Å². The maximum atomic E-state index is 4.94. The zero-order valence-electron chi connectivity index (χ0n) is 15.9. The van der Waals surface area contributed by atoms with E-state index in [1.165, 1.54) is 28.0 Å². The first-order chi connectivity index (χ1) is 13.8. The maximum absolute atomic E-state index is 4.94. The smallest absolute Gasteiger partial charge is 0.0712 e. The van der Waals surface area contributed by atoms with Gasteiger partial charge in [0.15, 0.2) is 0 Å². The Morgan fingerprint density at radius 3 is 2.07 bits per heavy atom. The Morgan fingerprint density at radius 2 is 1.39 bits per heavy atom. The number of rotatable bonds is 3. The number of benzene rings is 3. The van der Waals surface area contributed by atoms with Crippen molar-refractivity contribution in [1.82, 2.24) is 9.78 Å².